The number of ether oxygens (including phenoxy) is 1. The van der Waals surface area contributed by atoms with Crippen molar-refractivity contribution >= 4 is 11.9 Å². The SMILES string of the molecule is N#CCCN(CCN1CCOCC1)C(=O)CCC(=O)O. The van der Waals surface area contributed by atoms with E-state index in [1.807, 2.05) is 6.07 Å². The van der Waals surface area contributed by atoms with Gasteiger partial charge in [-0.05, 0) is 0 Å². The summed E-state index contributed by atoms with van der Waals surface area (Å²) in [5, 5.41) is 17.2. The van der Waals surface area contributed by atoms with Crippen LogP contribution in [0.25, 0.3) is 0 Å². The van der Waals surface area contributed by atoms with Gasteiger partial charge in [-0.15, -0.1) is 0 Å². The van der Waals surface area contributed by atoms with Crippen molar-refractivity contribution in [3.63, 3.8) is 0 Å². The van der Waals surface area contributed by atoms with Crippen LogP contribution in [0.15, 0.2) is 0 Å². The summed E-state index contributed by atoms with van der Waals surface area (Å²) in [5.41, 5.74) is 0. The summed E-state index contributed by atoms with van der Waals surface area (Å²) in [5.74, 6) is -1.18. The Balaban J connectivity index is 2.39. The number of hydrogen-bond donors (Lipinski definition) is 1. The molecule has 0 radical (unpaired) electrons. The van der Waals surface area contributed by atoms with Gasteiger partial charge in [0.2, 0.25) is 5.91 Å². The Labute approximate surface area is 118 Å². The van der Waals surface area contributed by atoms with E-state index in [0.717, 1.165) is 19.6 Å². The van der Waals surface area contributed by atoms with Crippen molar-refractivity contribution in [2.75, 3.05) is 45.9 Å². The van der Waals surface area contributed by atoms with Crippen LogP contribution in [-0.4, -0.2) is 72.7 Å². The third-order valence-electron chi connectivity index (χ3n) is 3.19. The third-order valence-corrected chi connectivity index (χ3v) is 3.19. The van der Waals surface area contributed by atoms with Gasteiger partial charge in [-0.25, -0.2) is 0 Å². The monoisotopic (exact) mass is 283 g/mol. The number of carboxylic acid groups (broad SMARTS) is 1. The molecule has 0 aromatic carbocycles. The molecule has 1 heterocycles. The van der Waals surface area contributed by atoms with Crippen molar-refractivity contribution in [2.24, 2.45) is 0 Å². The van der Waals surface area contributed by atoms with Crippen molar-refractivity contribution in [3.8, 4) is 6.07 Å². The van der Waals surface area contributed by atoms with Gasteiger partial charge >= 0.3 is 5.97 Å². The summed E-state index contributed by atoms with van der Waals surface area (Å²) in [7, 11) is 0. The largest absolute Gasteiger partial charge is 0.481 e. The molecule has 1 N–H and O–H groups in total. The molecule has 0 spiro atoms. The highest BCUT2D eigenvalue weighted by atomic mass is 16.5. The highest BCUT2D eigenvalue weighted by molar-refractivity contribution is 5.80. The van der Waals surface area contributed by atoms with Crippen LogP contribution < -0.4 is 0 Å². The average molecular weight is 283 g/mol. The van der Waals surface area contributed by atoms with Crippen LogP contribution in [0.5, 0.6) is 0 Å². The standard InChI is InChI=1S/C13H21N3O4/c14-4-1-5-16(12(17)2-3-13(18)19)7-6-15-8-10-20-11-9-15/h1-3,5-11H2,(H,18,19). The topological polar surface area (TPSA) is 93.9 Å². The number of rotatable bonds is 8. The van der Waals surface area contributed by atoms with Gasteiger partial charge in [-0.2, -0.15) is 5.26 Å². The number of nitriles is 1. The second-order valence-corrected chi connectivity index (χ2v) is 4.64. The Kier molecular flexibility index (Phi) is 7.62. The minimum atomic E-state index is -0.980. The summed E-state index contributed by atoms with van der Waals surface area (Å²) >= 11 is 0. The van der Waals surface area contributed by atoms with E-state index in [1.54, 1.807) is 4.90 Å². The molecule has 7 heteroatoms. The van der Waals surface area contributed by atoms with Crippen LogP contribution in [0.2, 0.25) is 0 Å². The van der Waals surface area contributed by atoms with Crippen molar-refractivity contribution in [3.05, 3.63) is 0 Å². The van der Waals surface area contributed by atoms with E-state index in [-0.39, 0.29) is 25.2 Å². The predicted octanol–water partition coefficient (Wildman–Crippen LogP) is -0.0743. The highest BCUT2D eigenvalue weighted by Gasteiger charge is 2.17. The number of morpholine rings is 1. The van der Waals surface area contributed by atoms with Gasteiger partial charge in [0.15, 0.2) is 0 Å². The summed E-state index contributed by atoms with van der Waals surface area (Å²) in [6.45, 7) is 4.70. The van der Waals surface area contributed by atoms with E-state index >= 15 is 0 Å². The molecule has 0 aliphatic carbocycles. The number of amides is 1. The van der Waals surface area contributed by atoms with Crippen LogP contribution in [0.3, 0.4) is 0 Å². The fraction of sp³-hybridized carbons (Fsp3) is 0.769. The summed E-state index contributed by atoms with van der Waals surface area (Å²) in [4.78, 5) is 26.2. The zero-order valence-electron chi connectivity index (χ0n) is 11.6. The molecular formula is C13H21N3O4. The van der Waals surface area contributed by atoms with Crippen LogP contribution in [0.1, 0.15) is 19.3 Å². The van der Waals surface area contributed by atoms with Gasteiger partial charge in [-0.1, -0.05) is 0 Å². The quantitative estimate of drug-likeness (QED) is 0.670. The lowest BCUT2D eigenvalue weighted by atomic mass is 10.2. The normalized spacial score (nSPS) is 15.6. The first-order valence-electron chi connectivity index (χ1n) is 6.80. The second kappa shape index (κ2) is 9.28. The molecule has 1 rings (SSSR count). The molecule has 0 saturated carbocycles. The van der Waals surface area contributed by atoms with E-state index in [1.165, 1.54) is 0 Å². The Morgan fingerprint density at radius 2 is 1.95 bits per heavy atom. The lowest BCUT2D eigenvalue weighted by molar-refractivity contribution is -0.141. The van der Waals surface area contributed by atoms with Crippen LogP contribution in [0.4, 0.5) is 0 Å². The smallest absolute Gasteiger partial charge is 0.303 e. The molecule has 0 bridgehead atoms. The molecule has 1 saturated heterocycles. The number of nitrogens with zero attached hydrogens (tertiary/aromatic N) is 3. The van der Waals surface area contributed by atoms with Gasteiger partial charge < -0.3 is 14.7 Å². The van der Waals surface area contributed by atoms with E-state index in [0.29, 0.717) is 26.3 Å². The summed E-state index contributed by atoms with van der Waals surface area (Å²) in [6, 6.07) is 2.01. The van der Waals surface area contributed by atoms with Gasteiger partial charge in [0.25, 0.3) is 0 Å². The van der Waals surface area contributed by atoms with Gasteiger partial charge in [-0.3, -0.25) is 14.5 Å². The number of aliphatic carboxylic acids is 1. The molecule has 1 amide bonds. The maximum absolute atomic E-state index is 11.9. The molecule has 0 aromatic heterocycles. The lowest BCUT2D eigenvalue weighted by Crippen LogP contribution is -2.43. The lowest BCUT2D eigenvalue weighted by Gasteiger charge is -2.29. The zero-order chi connectivity index (χ0) is 14.8. The Morgan fingerprint density at radius 3 is 2.55 bits per heavy atom. The van der Waals surface area contributed by atoms with Crippen molar-refractivity contribution in [1.82, 2.24) is 9.80 Å². The van der Waals surface area contributed by atoms with Crippen molar-refractivity contribution < 1.29 is 19.4 Å². The minimum Gasteiger partial charge on any atom is -0.481 e. The summed E-state index contributed by atoms with van der Waals surface area (Å²) < 4.78 is 5.25. The highest BCUT2D eigenvalue weighted by Crippen LogP contribution is 2.02. The summed E-state index contributed by atoms with van der Waals surface area (Å²) in [6.07, 6.45) is 0.0885. The van der Waals surface area contributed by atoms with Gasteiger partial charge in [0.1, 0.15) is 0 Å². The molecule has 1 aliphatic heterocycles. The molecule has 0 unspecified atom stereocenters. The Bertz CT molecular complexity index is 361. The average Bonchev–Trinajstić information content (AvgIpc) is 2.46. The molecule has 1 aliphatic rings. The van der Waals surface area contributed by atoms with Crippen LogP contribution in [0, 0.1) is 11.3 Å². The molecule has 112 valence electrons. The van der Waals surface area contributed by atoms with E-state index in [2.05, 4.69) is 4.90 Å². The third kappa shape index (κ3) is 6.50. The number of carbonyl (C=O) groups is 2. The predicted molar refractivity (Wildman–Crippen MR) is 70.9 cm³/mol. The fourth-order valence-electron chi connectivity index (χ4n) is 2.01. The molecule has 0 aromatic rings. The van der Waals surface area contributed by atoms with Crippen molar-refractivity contribution in [2.45, 2.75) is 19.3 Å². The van der Waals surface area contributed by atoms with Crippen LogP contribution >= 0.6 is 0 Å². The Hall–Kier alpha value is -1.65. The van der Waals surface area contributed by atoms with E-state index < -0.39 is 5.97 Å². The number of hydrogen-bond acceptors (Lipinski definition) is 5. The number of carboxylic acids is 1. The maximum Gasteiger partial charge on any atom is 0.303 e. The molecular weight excluding hydrogens is 262 g/mol. The van der Waals surface area contributed by atoms with Gasteiger partial charge in [0.05, 0.1) is 32.1 Å². The molecule has 20 heavy (non-hydrogen) atoms. The molecule has 7 nitrogen and oxygen atoms in total. The van der Waals surface area contributed by atoms with Crippen LogP contribution in [-0.2, 0) is 14.3 Å². The number of carbonyl (C=O) groups excluding carboxylic acids is 1. The van der Waals surface area contributed by atoms with E-state index in [4.69, 9.17) is 15.1 Å². The fourth-order valence-corrected chi connectivity index (χ4v) is 2.01. The molecule has 1 fully saturated rings. The first-order chi connectivity index (χ1) is 9.63. The second-order valence-electron chi connectivity index (χ2n) is 4.64. The first kappa shape index (κ1) is 16.4. The van der Waals surface area contributed by atoms with E-state index in [9.17, 15) is 9.59 Å². The molecule has 0 atom stereocenters. The maximum atomic E-state index is 11.9. The first-order valence-corrected chi connectivity index (χ1v) is 6.80. The van der Waals surface area contributed by atoms with Gasteiger partial charge in [0, 0.05) is 39.1 Å². The minimum absolute atomic E-state index is 0.0100. The Morgan fingerprint density at radius 1 is 1.25 bits per heavy atom. The van der Waals surface area contributed by atoms with Crippen molar-refractivity contribution in [1.29, 1.82) is 5.26 Å². The zero-order valence-corrected chi connectivity index (χ0v) is 11.6.